The van der Waals surface area contributed by atoms with Crippen molar-refractivity contribution < 1.29 is 33.3 Å². The van der Waals surface area contributed by atoms with Gasteiger partial charge in [-0.25, -0.2) is 8.42 Å². The number of hydrogen-bond donors (Lipinski definition) is 4. The zero-order valence-corrected chi connectivity index (χ0v) is 23.1. The molecule has 0 fully saturated rings. The van der Waals surface area contributed by atoms with E-state index in [-0.39, 0.29) is 41.6 Å². The molecular weight excluding hydrogens is 520 g/mol. The van der Waals surface area contributed by atoms with Crippen molar-refractivity contribution in [2.75, 3.05) is 20.2 Å². The number of sulfonamides is 1. The molecule has 0 spiro atoms. The van der Waals surface area contributed by atoms with Crippen LogP contribution >= 0.6 is 0 Å². The Kier molecular flexibility index (Phi) is 10.3. The summed E-state index contributed by atoms with van der Waals surface area (Å²) in [6.07, 6.45) is -0.298. The quantitative estimate of drug-likeness (QED) is 0.236. The molecule has 39 heavy (non-hydrogen) atoms. The summed E-state index contributed by atoms with van der Waals surface area (Å²) in [5.74, 6) is -0.859. The van der Waals surface area contributed by atoms with Crippen LogP contribution in [0.4, 0.5) is 0 Å². The lowest BCUT2D eigenvalue weighted by atomic mass is 10.00. The van der Waals surface area contributed by atoms with E-state index in [0.29, 0.717) is 5.75 Å². The maximum Gasteiger partial charge on any atom is 0.251 e. The molecule has 9 nitrogen and oxygen atoms in total. The van der Waals surface area contributed by atoms with Crippen LogP contribution in [0.1, 0.15) is 36.2 Å². The van der Waals surface area contributed by atoms with Crippen LogP contribution in [0.3, 0.4) is 0 Å². The van der Waals surface area contributed by atoms with Gasteiger partial charge in [-0.2, -0.15) is 4.31 Å². The molecule has 4 N–H and O–H groups in total. The van der Waals surface area contributed by atoms with Crippen LogP contribution in [0.2, 0.25) is 0 Å². The largest absolute Gasteiger partial charge is 0.504 e. The van der Waals surface area contributed by atoms with E-state index in [1.54, 1.807) is 12.1 Å². The number of hydrogen-bond acceptors (Lipinski definition) is 7. The molecule has 3 aromatic rings. The third-order valence-corrected chi connectivity index (χ3v) is 8.46. The molecule has 1 amide bonds. The second-order valence-corrected chi connectivity index (χ2v) is 11.5. The number of carbonyl (C=O) groups excluding carboxylic acids is 1. The average Bonchev–Trinajstić information content (AvgIpc) is 2.94. The Morgan fingerprint density at radius 1 is 0.974 bits per heavy atom. The molecule has 3 rings (SSSR count). The Balaban J connectivity index is 1.91. The average molecular weight is 557 g/mol. The predicted octanol–water partition coefficient (Wildman–Crippen LogP) is 3.55. The first-order chi connectivity index (χ1) is 18.5. The van der Waals surface area contributed by atoms with Gasteiger partial charge in [-0.3, -0.25) is 4.79 Å². The number of amides is 1. The normalized spacial score (nSPS) is 14.0. The molecule has 0 saturated carbocycles. The highest BCUT2D eigenvalue weighted by Gasteiger charge is 2.32. The van der Waals surface area contributed by atoms with E-state index >= 15 is 0 Å². The topological polar surface area (TPSA) is 136 Å². The number of nitrogens with zero attached hydrogens (tertiary/aromatic N) is 1. The Labute approximate surface area is 229 Å². The molecule has 210 valence electrons. The van der Waals surface area contributed by atoms with E-state index < -0.39 is 33.8 Å². The summed E-state index contributed by atoms with van der Waals surface area (Å²) in [6, 6.07) is 18.1. The summed E-state index contributed by atoms with van der Waals surface area (Å²) in [6.45, 7) is 3.82. The molecule has 0 aliphatic rings. The molecule has 0 saturated heterocycles. The summed E-state index contributed by atoms with van der Waals surface area (Å²) in [4.78, 5) is 13.1. The van der Waals surface area contributed by atoms with E-state index in [2.05, 4.69) is 5.32 Å². The molecule has 10 heteroatoms. The third kappa shape index (κ3) is 7.95. The highest BCUT2D eigenvalue weighted by atomic mass is 32.2. The van der Waals surface area contributed by atoms with Gasteiger partial charge in [-0.15, -0.1) is 0 Å². The Morgan fingerprint density at radius 2 is 1.64 bits per heavy atom. The maximum atomic E-state index is 13.6. The molecule has 3 atom stereocenters. The highest BCUT2D eigenvalue weighted by molar-refractivity contribution is 7.89. The first kappa shape index (κ1) is 29.9. The smallest absolute Gasteiger partial charge is 0.251 e. The fraction of sp³-hybridized carbons (Fsp3) is 0.345. The molecule has 0 aliphatic carbocycles. The number of aliphatic hydroxyl groups excluding tert-OH is 1. The second kappa shape index (κ2) is 13.5. The van der Waals surface area contributed by atoms with Gasteiger partial charge < -0.3 is 25.4 Å². The van der Waals surface area contributed by atoms with Crippen LogP contribution in [0, 0.1) is 5.92 Å². The number of rotatable bonds is 13. The molecule has 0 heterocycles. The summed E-state index contributed by atoms with van der Waals surface area (Å²) in [7, 11) is -2.48. The maximum absolute atomic E-state index is 13.6. The third-order valence-electron chi connectivity index (χ3n) is 6.62. The van der Waals surface area contributed by atoms with Gasteiger partial charge >= 0.3 is 0 Å². The van der Waals surface area contributed by atoms with Crippen molar-refractivity contribution in [2.24, 2.45) is 5.92 Å². The van der Waals surface area contributed by atoms with Crippen molar-refractivity contribution in [3.8, 4) is 17.2 Å². The first-order valence-electron chi connectivity index (χ1n) is 12.7. The Morgan fingerprint density at radius 3 is 2.23 bits per heavy atom. The van der Waals surface area contributed by atoms with Crippen molar-refractivity contribution in [1.82, 2.24) is 9.62 Å². The van der Waals surface area contributed by atoms with E-state index in [1.807, 2.05) is 44.2 Å². The van der Waals surface area contributed by atoms with Crippen LogP contribution in [-0.2, 0) is 16.4 Å². The zero-order valence-electron chi connectivity index (χ0n) is 22.3. The number of ether oxygens (including phenoxy) is 1. The predicted molar refractivity (Wildman–Crippen MR) is 148 cm³/mol. The van der Waals surface area contributed by atoms with Crippen LogP contribution < -0.4 is 10.1 Å². The standard InChI is InChI=1S/C29H36N2O7S/c1-4-20(2)18-31(39(36,37)24-13-11-23(38-3)12-14-24)19-28(34)25(16-21-8-6-5-7-9-21)30-29(35)22-10-15-26(32)27(33)17-22/h5-15,17,20,25,28,32-34H,4,16,18-19H2,1-3H3,(H,30,35)/t20-,25-,28+/m0/s1. The summed E-state index contributed by atoms with van der Waals surface area (Å²) < 4.78 is 33.7. The van der Waals surface area contributed by atoms with Gasteiger partial charge in [0.05, 0.1) is 24.2 Å². The van der Waals surface area contributed by atoms with Crippen molar-refractivity contribution in [2.45, 2.75) is 43.7 Å². The highest BCUT2D eigenvalue weighted by Crippen LogP contribution is 2.25. The molecule has 3 aromatic carbocycles. The number of aromatic hydroxyl groups is 2. The molecule has 0 aromatic heterocycles. The van der Waals surface area contributed by atoms with Crippen molar-refractivity contribution in [1.29, 1.82) is 0 Å². The summed E-state index contributed by atoms with van der Waals surface area (Å²) in [5.41, 5.74) is 0.916. The van der Waals surface area contributed by atoms with E-state index in [1.165, 1.54) is 35.7 Å². The van der Waals surface area contributed by atoms with Crippen molar-refractivity contribution in [3.05, 3.63) is 83.9 Å². The number of aliphatic hydroxyl groups is 1. The minimum absolute atomic E-state index is 0.0207. The zero-order chi connectivity index (χ0) is 28.6. The SMILES string of the molecule is CC[C@H](C)CN(C[C@@H](O)[C@H](Cc1ccccc1)NC(=O)c1ccc(O)c(O)c1)S(=O)(=O)c1ccc(OC)cc1. The number of benzene rings is 3. The minimum atomic E-state index is -3.98. The Hall–Kier alpha value is -3.60. The van der Waals surface area contributed by atoms with E-state index in [4.69, 9.17) is 4.74 Å². The molecule has 0 unspecified atom stereocenters. The van der Waals surface area contributed by atoms with Crippen LogP contribution in [0.5, 0.6) is 17.2 Å². The second-order valence-electron chi connectivity index (χ2n) is 9.55. The molecule has 0 radical (unpaired) electrons. The van der Waals surface area contributed by atoms with Gasteiger partial charge in [-0.05, 0) is 60.4 Å². The number of nitrogens with one attached hydrogen (secondary N) is 1. The van der Waals surface area contributed by atoms with Crippen LogP contribution in [-0.4, -0.2) is 66.3 Å². The number of carbonyl (C=O) groups is 1. The van der Waals surface area contributed by atoms with Gasteiger partial charge in [0, 0.05) is 18.7 Å². The van der Waals surface area contributed by atoms with Crippen molar-refractivity contribution in [3.63, 3.8) is 0 Å². The Bertz CT molecular complexity index is 1330. The molecular formula is C29H36N2O7S. The van der Waals surface area contributed by atoms with E-state index in [0.717, 1.165) is 18.1 Å². The van der Waals surface area contributed by atoms with Crippen LogP contribution in [0.25, 0.3) is 0 Å². The number of phenolic OH excluding ortho intramolecular Hbond substituents is 2. The monoisotopic (exact) mass is 556 g/mol. The van der Waals surface area contributed by atoms with E-state index in [9.17, 15) is 28.5 Å². The van der Waals surface area contributed by atoms with Gasteiger partial charge in [0.1, 0.15) is 5.75 Å². The van der Waals surface area contributed by atoms with Crippen molar-refractivity contribution >= 4 is 15.9 Å². The molecule has 0 bridgehead atoms. The molecule has 0 aliphatic heterocycles. The van der Waals surface area contributed by atoms with Gasteiger partial charge in [0.25, 0.3) is 5.91 Å². The summed E-state index contributed by atoms with van der Waals surface area (Å²) in [5, 5.41) is 33.6. The minimum Gasteiger partial charge on any atom is -0.504 e. The lowest BCUT2D eigenvalue weighted by Crippen LogP contribution is -2.51. The fourth-order valence-electron chi connectivity index (χ4n) is 4.05. The lowest BCUT2D eigenvalue weighted by Gasteiger charge is -2.31. The summed E-state index contributed by atoms with van der Waals surface area (Å²) >= 11 is 0. The first-order valence-corrected chi connectivity index (χ1v) is 14.2. The van der Waals surface area contributed by atoms with Crippen LogP contribution in [0.15, 0.2) is 77.7 Å². The van der Waals surface area contributed by atoms with Gasteiger partial charge in [0.2, 0.25) is 10.0 Å². The fourth-order valence-corrected chi connectivity index (χ4v) is 5.63. The van der Waals surface area contributed by atoms with Gasteiger partial charge in [0.15, 0.2) is 11.5 Å². The lowest BCUT2D eigenvalue weighted by molar-refractivity contribution is 0.0773. The van der Waals surface area contributed by atoms with Gasteiger partial charge in [-0.1, -0.05) is 50.6 Å². The number of phenols is 2. The number of methoxy groups -OCH3 is 1.